The monoisotopic (exact) mass is 651 g/mol. The van der Waals surface area contributed by atoms with Gasteiger partial charge < -0.3 is 4.74 Å². The van der Waals surface area contributed by atoms with Crippen LogP contribution in [-0.2, 0) is 28.2 Å². The van der Waals surface area contributed by atoms with Crippen molar-refractivity contribution in [2.45, 2.75) is 44.8 Å². The summed E-state index contributed by atoms with van der Waals surface area (Å²) in [4.78, 5) is 1.61. The van der Waals surface area contributed by atoms with Crippen LogP contribution in [0, 0.1) is 22.6 Å². The van der Waals surface area contributed by atoms with Crippen molar-refractivity contribution in [2.24, 2.45) is 5.41 Å². The number of rotatable bonds is 14. The maximum atomic E-state index is 14.2. The van der Waals surface area contributed by atoms with Gasteiger partial charge in [-0.15, -0.1) is 0 Å². The molecular formula is C26H33Cl2FN3O7PS. The number of hydrogen-bond acceptors (Lipinski definition) is 9. The molecule has 1 heterocycles. The average Bonchev–Trinajstić information content (AvgIpc) is 2.82. The molecule has 0 aliphatic carbocycles. The minimum absolute atomic E-state index is 0.00381. The van der Waals surface area contributed by atoms with E-state index in [2.05, 4.69) is 0 Å². The Morgan fingerprint density at radius 1 is 1.12 bits per heavy atom. The molecule has 3 rings (SSSR count). The fourth-order valence-electron chi connectivity index (χ4n) is 4.23. The summed E-state index contributed by atoms with van der Waals surface area (Å²) in [5, 5.41) is 9.29. The van der Waals surface area contributed by atoms with Crippen LogP contribution in [0.4, 0.5) is 4.39 Å². The van der Waals surface area contributed by atoms with Crippen molar-refractivity contribution in [3.8, 4) is 11.8 Å². The maximum Gasteiger partial charge on any atom is 0.476 e. The second-order valence-corrected chi connectivity index (χ2v) is 14.7. The molecule has 41 heavy (non-hydrogen) atoms. The Hall–Kier alpha value is -1.78. The van der Waals surface area contributed by atoms with Gasteiger partial charge in [-0.05, 0) is 65.1 Å². The molecule has 15 heteroatoms. The van der Waals surface area contributed by atoms with E-state index in [1.54, 1.807) is 45.7 Å². The number of nitriles is 1. The molecule has 1 fully saturated rings. The highest BCUT2D eigenvalue weighted by Crippen LogP contribution is 2.51. The standard InChI is InChI=1S/C26H33Cl2FN3O7PS/c1-18(2)38-40(33,39-19(3)4)37-17-31(5)13-26(16-36-22-8-6-20(12-30)24(29)11-22)14-32(15-26)41(34,35)25-9-7-21(27)10-23(25)28/h6-11,18-19H,13-17H2,1-5H3. The van der Waals surface area contributed by atoms with Crippen LogP contribution in [0.1, 0.15) is 33.3 Å². The van der Waals surface area contributed by atoms with Gasteiger partial charge in [0.1, 0.15) is 29.3 Å². The molecule has 0 N–H and O–H groups in total. The Kier molecular flexibility index (Phi) is 11.2. The van der Waals surface area contributed by atoms with E-state index in [0.717, 1.165) is 6.07 Å². The lowest BCUT2D eigenvalue weighted by molar-refractivity contribution is -0.0286. The van der Waals surface area contributed by atoms with Crippen LogP contribution in [0.3, 0.4) is 0 Å². The van der Waals surface area contributed by atoms with Gasteiger partial charge in [0.2, 0.25) is 10.0 Å². The molecule has 2 aromatic carbocycles. The predicted octanol–water partition coefficient (Wildman–Crippen LogP) is 5.94. The highest BCUT2D eigenvalue weighted by molar-refractivity contribution is 7.89. The fraction of sp³-hybridized carbons (Fsp3) is 0.500. The quantitative estimate of drug-likeness (QED) is 0.181. The first kappa shape index (κ1) is 33.7. The summed E-state index contributed by atoms with van der Waals surface area (Å²) in [6, 6.07) is 9.76. The van der Waals surface area contributed by atoms with E-state index in [1.807, 2.05) is 0 Å². The van der Waals surface area contributed by atoms with Crippen LogP contribution in [0.2, 0.25) is 10.0 Å². The van der Waals surface area contributed by atoms with Crippen molar-refractivity contribution in [1.82, 2.24) is 9.21 Å². The molecule has 2 aromatic rings. The molecule has 1 aliphatic rings. The van der Waals surface area contributed by atoms with Crippen molar-refractivity contribution in [3.05, 3.63) is 57.8 Å². The van der Waals surface area contributed by atoms with Crippen LogP contribution in [0.5, 0.6) is 5.75 Å². The van der Waals surface area contributed by atoms with Gasteiger partial charge in [0.15, 0.2) is 0 Å². The number of halogens is 3. The molecule has 10 nitrogen and oxygen atoms in total. The van der Waals surface area contributed by atoms with Gasteiger partial charge in [0.25, 0.3) is 0 Å². The summed E-state index contributed by atoms with van der Waals surface area (Å²) >= 11 is 12.1. The third kappa shape index (κ3) is 8.86. The Morgan fingerprint density at radius 2 is 1.76 bits per heavy atom. The van der Waals surface area contributed by atoms with E-state index in [1.165, 1.54) is 34.6 Å². The topological polar surface area (TPSA) is 118 Å². The number of nitrogens with zero attached hydrogens (tertiary/aromatic N) is 3. The predicted molar refractivity (Wildman–Crippen MR) is 153 cm³/mol. The van der Waals surface area contributed by atoms with Gasteiger partial charge >= 0.3 is 7.82 Å². The normalized spacial score (nSPS) is 15.8. The zero-order valence-electron chi connectivity index (χ0n) is 23.3. The third-order valence-corrected chi connectivity index (χ3v) is 10.2. The van der Waals surface area contributed by atoms with Crippen LogP contribution in [0.25, 0.3) is 0 Å². The molecule has 0 amide bonds. The van der Waals surface area contributed by atoms with E-state index in [0.29, 0.717) is 5.02 Å². The zero-order chi connectivity index (χ0) is 30.6. The SMILES string of the molecule is CC(C)OP(=O)(OCN(C)CC1(COc2ccc(C#N)c(F)c2)CN(S(=O)(=O)c2ccc(Cl)cc2Cl)C1)OC(C)C. The van der Waals surface area contributed by atoms with Crippen molar-refractivity contribution in [2.75, 3.05) is 40.0 Å². The lowest BCUT2D eigenvalue weighted by Gasteiger charge is -2.50. The Bertz CT molecular complexity index is 1420. The second-order valence-electron chi connectivity index (χ2n) is 10.4. The van der Waals surface area contributed by atoms with Gasteiger partial charge in [-0.3, -0.25) is 18.5 Å². The van der Waals surface area contributed by atoms with Crippen molar-refractivity contribution >= 4 is 41.0 Å². The Labute approximate surface area is 250 Å². The van der Waals surface area contributed by atoms with Crippen LogP contribution >= 0.6 is 31.0 Å². The first-order valence-corrected chi connectivity index (χ1v) is 16.3. The molecule has 0 bridgehead atoms. The van der Waals surface area contributed by atoms with Gasteiger partial charge in [-0.25, -0.2) is 17.4 Å². The number of sulfonamides is 1. The second kappa shape index (κ2) is 13.7. The number of phosphoric acid groups is 1. The molecule has 0 atom stereocenters. The molecule has 0 aromatic heterocycles. The molecule has 0 spiro atoms. The smallest absolute Gasteiger partial charge is 0.476 e. The van der Waals surface area contributed by atoms with E-state index >= 15 is 0 Å². The number of ether oxygens (including phenoxy) is 1. The summed E-state index contributed by atoms with van der Waals surface area (Å²) in [6.45, 7) is 7.01. The summed E-state index contributed by atoms with van der Waals surface area (Å²) in [6.07, 6.45) is -0.829. The lowest BCUT2D eigenvalue weighted by atomic mass is 9.82. The van der Waals surface area contributed by atoms with Crippen LogP contribution < -0.4 is 4.74 Å². The molecule has 0 radical (unpaired) electrons. The highest BCUT2D eigenvalue weighted by atomic mass is 35.5. The van der Waals surface area contributed by atoms with Crippen LogP contribution in [-0.4, -0.2) is 69.9 Å². The largest absolute Gasteiger partial charge is 0.493 e. The third-order valence-electron chi connectivity index (χ3n) is 5.86. The van der Waals surface area contributed by atoms with E-state index in [-0.39, 0.29) is 54.2 Å². The van der Waals surface area contributed by atoms with E-state index in [4.69, 9.17) is 46.8 Å². The van der Waals surface area contributed by atoms with Gasteiger partial charge in [0, 0.05) is 36.1 Å². The maximum absolute atomic E-state index is 14.2. The summed E-state index contributed by atoms with van der Waals surface area (Å²) in [7, 11) is -6.14. The Morgan fingerprint density at radius 3 is 2.29 bits per heavy atom. The summed E-state index contributed by atoms with van der Waals surface area (Å²) in [5.74, 6) is -0.548. The lowest BCUT2D eigenvalue weighted by Crippen LogP contribution is -2.64. The number of phosphoric ester groups is 1. The number of hydrogen-bond donors (Lipinski definition) is 0. The summed E-state index contributed by atoms with van der Waals surface area (Å²) in [5.41, 5.74) is -0.891. The minimum atomic E-state index is -3.96. The van der Waals surface area contributed by atoms with Crippen molar-refractivity contribution in [3.63, 3.8) is 0 Å². The first-order chi connectivity index (χ1) is 19.1. The molecule has 1 saturated heterocycles. The zero-order valence-corrected chi connectivity index (χ0v) is 26.6. The van der Waals surface area contributed by atoms with E-state index < -0.39 is 41.3 Å². The van der Waals surface area contributed by atoms with Crippen molar-refractivity contribution < 1.29 is 35.7 Å². The van der Waals surface area contributed by atoms with Crippen LogP contribution in [0.15, 0.2) is 41.3 Å². The number of benzene rings is 2. The molecule has 1 aliphatic heterocycles. The first-order valence-electron chi connectivity index (χ1n) is 12.7. The molecular weight excluding hydrogens is 619 g/mol. The van der Waals surface area contributed by atoms with Gasteiger partial charge in [-0.1, -0.05) is 23.2 Å². The minimum Gasteiger partial charge on any atom is -0.493 e. The highest BCUT2D eigenvalue weighted by Gasteiger charge is 2.50. The average molecular weight is 653 g/mol. The summed E-state index contributed by atoms with van der Waals surface area (Å²) < 4.78 is 77.5. The van der Waals surface area contributed by atoms with Gasteiger partial charge in [0.05, 0.1) is 29.4 Å². The molecule has 0 saturated carbocycles. The van der Waals surface area contributed by atoms with Crippen molar-refractivity contribution in [1.29, 1.82) is 5.26 Å². The molecule has 226 valence electrons. The molecule has 0 unspecified atom stereocenters. The van der Waals surface area contributed by atoms with Gasteiger partial charge in [-0.2, -0.15) is 9.57 Å². The Balaban J connectivity index is 1.78. The fourth-order valence-corrected chi connectivity index (χ4v) is 8.19. The van der Waals surface area contributed by atoms with E-state index in [9.17, 15) is 17.4 Å².